The lowest BCUT2D eigenvalue weighted by atomic mass is 9.95. The van der Waals surface area contributed by atoms with Crippen LogP contribution in [0.4, 0.5) is 19.0 Å². The van der Waals surface area contributed by atoms with E-state index < -0.39 is 17.5 Å². The van der Waals surface area contributed by atoms with E-state index in [0.29, 0.717) is 59.2 Å². The van der Waals surface area contributed by atoms with E-state index >= 15 is 4.39 Å². The number of aromatic nitrogens is 3. The Morgan fingerprint density at radius 3 is 2.83 bits per heavy atom. The van der Waals surface area contributed by atoms with E-state index in [1.165, 1.54) is 12.1 Å². The molecule has 3 saturated heterocycles. The van der Waals surface area contributed by atoms with Gasteiger partial charge in [-0.15, -0.1) is 0 Å². The van der Waals surface area contributed by atoms with E-state index in [1.54, 1.807) is 42.3 Å². The molecule has 8 nitrogen and oxygen atoms in total. The van der Waals surface area contributed by atoms with Crippen molar-refractivity contribution in [3.8, 4) is 17.3 Å². The van der Waals surface area contributed by atoms with Gasteiger partial charge in [-0.25, -0.2) is 17.7 Å². The second kappa shape index (κ2) is 11.8. The third kappa shape index (κ3) is 5.20. The summed E-state index contributed by atoms with van der Waals surface area (Å²) < 4.78 is 53.5. The maximum Gasteiger partial charge on any atom is 0.434 e. The lowest BCUT2D eigenvalue weighted by molar-refractivity contribution is -0.405. The third-order valence-corrected chi connectivity index (χ3v) is 9.87. The van der Waals surface area contributed by atoms with Crippen LogP contribution in [0.3, 0.4) is 0 Å². The summed E-state index contributed by atoms with van der Waals surface area (Å²) in [6.07, 6.45) is 6.83. The van der Waals surface area contributed by atoms with Gasteiger partial charge in [-0.1, -0.05) is 30.8 Å². The number of amides is 1. The van der Waals surface area contributed by atoms with E-state index in [-0.39, 0.29) is 41.5 Å². The van der Waals surface area contributed by atoms with Gasteiger partial charge >= 0.3 is 11.8 Å². The maximum absolute atomic E-state index is 16.7. The molecule has 1 unspecified atom stereocenters. The molecule has 0 N–H and O–H groups in total. The van der Waals surface area contributed by atoms with E-state index in [9.17, 15) is 13.6 Å². The Morgan fingerprint density at radius 2 is 2.00 bits per heavy atom. The second-order valence-electron chi connectivity index (χ2n) is 12.7. The highest BCUT2D eigenvalue weighted by Gasteiger charge is 2.49. The molecular weight excluding hydrogens is 593 g/mol. The Labute approximate surface area is 265 Å². The lowest BCUT2D eigenvalue weighted by Crippen LogP contribution is -2.43. The van der Waals surface area contributed by atoms with Gasteiger partial charge in [-0.3, -0.25) is 14.7 Å². The van der Waals surface area contributed by atoms with Crippen LogP contribution in [0.1, 0.15) is 31.2 Å². The van der Waals surface area contributed by atoms with Gasteiger partial charge in [0.25, 0.3) is 0 Å². The van der Waals surface area contributed by atoms with Gasteiger partial charge in [0.15, 0.2) is 5.82 Å². The van der Waals surface area contributed by atoms with E-state index in [4.69, 9.17) is 9.72 Å². The highest BCUT2D eigenvalue weighted by molar-refractivity contribution is 5.99. The fourth-order valence-electron chi connectivity index (χ4n) is 7.50. The van der Waals surface area contributed by atoms with E-state index in [1.807, 2.05) is 17.8 Å². The third-order valence-electron chi connectivity index (χ3n) is 9.87. The van der Waals surface area contributed by atoms with Crippen LogP contribution in [0.25, 0.3) is 32.9 Å². The van der Waals surface area contributed by atoms with Crippen molar-refractivity contribution in [3.63, 3.8) is 0 Å². The normalized spacial score (nSPS) is 23.4. The molecule has 0 spiro atoms. The number of hydrogen-bond acceptors (Lipinski definition) is 6. The molecule has 2 aromatic heterocycles. The standard InChI is InChI=1S/C35H36F3N6O2/c1-4-29(45)43-14-11-22(18-43)17-42(3)33-27-16-39-31(26-8-5-7-24-21(2)28(37)10-9-25(24)26)30(38)32(27)40-34(41-33)46-20-35-12-6-13-44(35)19-23(36)15-35/h4-5,7-10,16-17,22-23H,1,6,11-15,18-20H2,2-3H3/q+1/b42-17+/t22?,23-,35+/m1/s1. The molecule has 4 aromatic rings. The minimum Gasteiger partial charge on any atom is -0.443 e. The molecule has 46 heavy (non-hydrogen) atoms. The number of fused-ring (bicyclic) bond motifs is 3. The van der Waals surface area contributed by atoms with Crippen LogP contribution in [0, 0.1) is 24.5 Å². The molecule has 238 valence electrons. The van der Waals surface area contributed by atoms with Gasteiger partial charge in [0, 0.05) is 48.7 Å². The number of aryl methyl sites for hydroxylation is 1. The molecule has 5 heterocycles. The van der Waals surface area contributed by atoms with Gasteiger partial charge in [-0.05, 0) is 61.2 Å². The molecule has 0 aliphatic carbocycles. The Bertz CT molecular complexity index is 1920. The Kier molecular flexibility index (Phi) is 7.75. The Morgan fingerprint density at radius 1 is 1.15 bits per heavy atom. The highest BCUT2D eigenvalue weighted by Crippen LogP contribution is 2.41. The average Bonchev–Trinajstić information content (AvgIpc) is 3.75. The highest BCUT2D eigenvalue weighted by atomic mass is 19.1. The molecule has 0 bridgehead atoms. The summed E-state index contributed by atoms with van der Waals surface area (Å²) in [4.78, 5) is 29.9. The summed E-state index contributed by atoms with van der Waals surface area (Å²) >= 11 is 0. The first-order valence-corrected chi connectivity index (χ1v) is 15.7. The summed E-state index contributed by atoms with van der Waals surface area (Å²) in [7, 11) is 1.82. The lowest BCUT2D eigenvalue weighted by Gasteiger charge is -2.30. The Balaban J connectivity index is 1.32. The number of carbonyl (C=O) groups excluding carboxylic acids is 1. The van der Waals surface area contributed by atoms with Crippen LogP contribution in [0.2, 0.25) is 0 Å². The Hall–Kier alpha value is -4.38. The largest absolute Gasteiger partial charge is 0.443 e. The van der Waals surface area contributed by atoms with Gasteiger partial charge in [-0.2, -0.15) is 4.98 Å². The zero-order valence-electron chi connectivity index (χ0n) is 26.0. The fraction of sp³-hybridized carbons (Fsp3) is 0.400. The van der Waals surface area contributed by atoms with Gasteiger partial charge in [0.05, 0.1) is 18.8 Å². The molecule has 0 saturated carbocycles. The van der Waals surface area contributed by atoms with Crippen molar-refractivity contribution in [3.05, 3.63) is 66.4 Å². The zero-order valence-corrected chi connectivity index (χ0v) is 26.0. The summed E-state index contributed by atoms with van der Waals surface area (Å²) in [6.45, 7) is 7.82. The molecule has 3 atom stereocenters. The minimum absolute atomic E-state index is 0.00643. The first kappa shape index (κ1) is 30.3. The summed E-state index contributed by atoms with van der Waals surface area (Å²) in [6, 6.07) is 8.32. The SMILES string of the molecule is C=CC(=O)N1CCC(/C=[N+](\C)c2nc(OC[C@@]34CCCN3C[C@H](F)C4)nc3c(F)c(-c4cccc5c(C)c(F)ccc45)ncc23)C1. The van der Waals surface area contributed by atoms with Gasteiger partial charge in [0.1, 0.15) is 35.2 Å². The molecule has 3 fully saturated rings. The second-order valence-corrected chi connectivity index (χ2v) is 12.7. The van der Waals surface area contributed by atoms with Gasteiger partial charge in [0.2, 0.25) is 5.91 Å². The quantitative estimate of drug-likeness (QED) is 0.147. The number of likely N-dealkylation sites (tertiary alicyclic amines) is 1. The molecule has 11 heteroatoms. The number of ether oxygens (including phenoxy) is 1. The van der Waals surface area contributed by atoms with E-state index in [2.05, 4.69) is 21.4 Å². The van der Waals surface area contributed by atoms with Crippen LogP contribution >= 0.6 is 0 Å². The molecule has 1 amide bonds. The van der Waals surface area contributed by atoms with Crippen molar-refractivity contribution >= 4 is 39.6 Å². The van der Waals surface area contributed by atoms with Crippen molar-refractivity contribution in [1.29, 1.82) is 0 Å². The fourth-order valence-corrected chi connectivity index (χ4v) is 7.50. The average molecular weight is 630 g/mol. The van der Waals surface area contributed by atoms with Crippen molar-refractivity contribution in [2.24, 2.45) is 5.92 Å². The van der Waals surface area contributed by atoms with E-state index in [0.717, 1.165) is 25.8 Å². The number of rotatable bonds is 7. The van der Waals surface area contributed by atoms with Crippen molar-refractivity contribution in [2.75, 3.05) is 39.8 Å². The molecule has 3 aliphatic heterocycles. The van der Waals surface area contributed by atoms with Crippen LogP contribution < -0.4 is 4.74 Å². The van der Waals surface area contributed by atoms with Gasteiger partial charge < -0.3 is 9.64 Å². The first-order chi connectivity index (χ1) is 22.2. The maximum atomic E-state index is 16.7. The monoisotopic (exact) mass is 629 g/mol. The predicted octanol–water partition coefficient (Wildman–Crippen LogP) is 5.77. The zero-order chi connectivity index (χ0) is 32.2. The van der Waals surface area contributed by atoms with Crippen LogP contribution in [-0.2, 0) is 4.79 Å². The molecule has 3 aliphatic rings. The van der Waals surface area contributed by atoms with Crippen molar-refractivity contribution < 1.29 is 27.3 Å². The van der Waals surface area contributed by atoms with Crippen molar-refractivity contribution in [2.45, 2.75) is 44.3 Å². The number of halogens is 3. The van der Waals surface area contributed by atoms with Crippen LogP contribution in [0.5, 0.6) is 6.01 Å². The summed E-state index contributed by atoms with van der Waals surface area (Å²) in [5.74, 6) is -0.656. The van der Waals surface area contributed by atoms with Crippen molar-refractivity contribution in [1.82, 2.24) is 24.8 Å². The predicted molar refractivity (Wildman–Crippen MR) is 170 cm³/mol. The summed E-state index contributed by atoms with van der Waals surface area (Å²) in [5.41, 5.74) is 0.671. The number of alkyl halides is 1. The number of benzene rings is 2. The first-order valence-electron chi connectivity index (χ1n) is 15.7. The number of carbonyl (C=O) groups is 1. The number of pyridine rings is 1. The smallest absolute Gasteiger partial charge is 0.434 e. The molecule has 0 radical (unpaired) electrons. The van der Waals surface area contributed by atoms with Crippen LogP contribution in [-0.4, -0.2) is 93.0 Å². The molecular formula is C35H36F3N6O2+. The summed E-state index contributed by atoms with van der Waals surface area (Å²) in [5, 5.41) is 1.73. The number of hydrogen-bond donors (Lipinski definition) is 0. The van der Waals surface area contributed by atoms with Crippen LogP contribution in [0.15, 0.2) is 49.2 Å². The minimum atomic E-state index is -0.916. The molecule has 2 aromatic carbocycles. The topological polar surface area (TPSA) is 74.5 Å². The number of nitrogens with zero attached hydrogens (tertiary/aromatic N) is 6. The molecule has 7 rings (SSSR count).